The first kappa shape index (κ1) is 19.2. The Morgan fingerprint density at radius 2 is 2.00 bits per heavy atom. The van der Waals surface area contributed by atoms with Gasteiger partial charge >= 0.3 is 0 Å². The summed E-state index contributed by atoms with van der Waals surface area (Å²) in [4.78, 5) is 26.2. The van der Waals surface area contributed by atoms with E-state index in [1.54, 1.807) is 29.2 Å². The predicted molar refractivity (Wildman–Crippen MR) is 108 cm³/mol. The molecule has 0 aromatic heterocycles. The molecule has 5 nitrogen and oxygen atoms in total. The second kappa shape index (κ2) is 8.44. The van der Waals surface area contributed by atoms with Gasteiger partial charge in [0.15, 0.2) is 6.10 Å². The molecule has 2 aromatic rings. The fourth-order valence-corrected chi connectivity index (χ4v) is 3.16. The van der Waals surface area contributed by atoms with Crippen LogP contribution in [0.25, 0.3) is 0 Å². The van der Waals surface area contributed by atoms with Crippen LogP contribution in [0.1, 0.15) is 31.7 Å². The molecule has 0 saturated carbocycles. The van der Waals surface area contributed by atoms with Crippen LogP contribution in [-0.4, -0.2) is 24.5 Å². The number of hydrogen-bond acceptors (Lipinski definition) is 3. The number of carbonyl (C=O) groups is 2. The summed E-state index contributed by atoms with van der Waals surface area (Å²) in [6, 6.07) is 12.6. The van der Waals surface area contributed by atoms with Crippen molar-refractivity contribution in [2.75, 3.05) is 16.8 Å². The van der Waals surface area contributed by atoms with Crippen molar-refractivity contribution in [2.45, 2.75) is 39.2 Å². The van der Waals surface area contributed by atoms with E-state index in [0.29, 0.717) is 29.3 Å². The molecule has 2 aromatic carbocycles. The van der Waals surface area contributed by atoms with Gasteiger partial charge in [-0.1, -0.05) is 18.5 Å². The molecule has 0 bridgehead atoms. The first-order valence-corrected chi connectivity index (χ1v) is 9.50. The van der Waals surface area contributed by atoms with E-state index in [4.69, 9.17) is 16.3 Å². The lowest BCUT2D eigenvalue weighted by Gasteiger charge is -2.19. The fourth-order valence-electron chi connectivity index (χ4n) is 3.05. The van der Waals surface area contributed by atoms with Gasteiger partial charge < -0.3 is 15.0 Å². The Kier molecular flexibility index (Phi) is 6.01. The second-order valence-electron chi connectivity index (χ2n) is 6.61. The van der Waals surface area contributed by atoms with Crippen molar-refractivity contribution < 1.29 is 14.3 Å². The zero-order chi connectivity index (χ0) is 19.4. The van der Waals surface area contributed by atoms with Crippen molar-refractivity contribution in [3.05, 3.63) is 53.1 Å². The number of halogens is 1. The predicted octanol–water partition coefficient (Wildman–Crippen LogP) is 4.57. The largest absolute Gasteiger partial charge is 0.481 e. The van der Waals surface area contributed by atoms with Gasteiger partial charge in [-0.25, -0.2) is 0 Å². The van der Waals surface area contributed by atoms with Crippen LogP contribution in [0.2, 0.25) is 5.02 Å². The van der Waals surface area contributed by atoms with E-state index in [1.165, 1.54) is 0 Å². The Morgan fingerprint density at radius 1 is 1.26 bits per heavy atom. The highest BCUT2D eigenvalue weighted by atomic mass is 35.5. The van der Waals surface area contributed by atoms with Gasteiger partial charge in [-0.15, -0.1) is 0 Å². The fraction of sp³-hybridized carbons (Fsp3) is 0.333. The van der Waals surface area contributed by atoms with Crippen LogP contribution in [0.4, 0.5) is 11.4 Å². The van der Waals surface area contributed by atoms with Gasteiger partial charge in [0.1, 0.15) is 5.75 Å². The molecule has 1 N–H and O–H groups in total. The van der Waals surface area contributed by atoms with Crippen molar-refractivity contribution in [1.82, 2.24) is 0 Å². The molecule has 1 atom stereocenters. The summed E-state index contributed by atoms with van der Waals surface area (Å²) >= 11 is 6.03. The molecule has 0 radical (unpaired) electrons. The summed E-state index contributed by atoms with van der Waals surface area (Å²) < 4.78 is 5.83. The highest BCUT2D eigenvalue weighted by Crippen LogP contribution is 2.24. The minimum absolute atomic E-state index is 0.143. The molecule has 0 spiro atoms. The second-order valence-corrected chi connectivity index (χ2v) is 7.02. The van der Waals surface area contributed by atoms with Gasteiger partial charge in [-0.3, -0.25) is 9.59 Å². The highest BCUT2D eigenvalue weighted by Gasteiger charge is 2.22. The number of amides is 2. The van der Waals surface area contributed by atoms with Crippen LogP contribution in [0.5, 0.6) is 5.75 Å². The molecule has 1 aliphatic rings. The summed E-state index contributed by atoms with van der Waals surface area (Å²) in [6.07, 6.45) is 1.41. The monoisotopic (exact) mass is 386 g/mol. The van der Waals surface area contributed by atoms with Crippen molar-refractivity contribution in [1.29, 1.82) is 0 Å². The number of rotatable bonds is 6. The lowest BCUT2D eigenvalue weighted by molar-refractivity contribution is -0.122. The summed E-state index contributed by atoms with van der Waals surface area (Å²) in [5.41, 5.74) is 2.43. The zero-order valence-electron chi connectivity index (χ0n) is 15.5. The van der Waals surface area contributed by atoms with E-state index < -0.39 is 6.10 Å². The van der Waals surface area contributed by atoms with E-state index >= 15 is 0 Å². The molecular formula is C21H23ClN2O3. The first-order chi connectivity index (χ1) is 13.0. The lowest BCUT2D eigenvalue weighted by atomic mass is 10.2. The number of hydrogen-bond donors (Lipinski definition) is 1. The van der Waals surface area contributed by atoms with Gasteiger partial charge in [0.25, 0.3) is 5.91 Å². The number of aryl methyl sites for hydroxylation is 1. The number of benzene rings is 2. The average Bonchev–Trinajstić information content (AvgIpc) is 3.09. The number of nitrogens with one attached hydrogen (secondary N) is 1. The van der Waals surface area contributed by atoms with Crippen LogP contribution < -0.4 is 15.0 Å². The van der Waals surface area contributed by atoms with Crippen molar-refractivity contribution in [2.24, 2.45) is 0 Å². The molecule has 1 heterocycles. The molecule has 1 saturated heterocycles. The third-order valence-corrected chi connectivity index (χ3v) is 5.01. The van der Waals surface area contributed by atoms with E-state index in [1.807, 2.05) is 32.0 Å². The maximum atomic E-state index is 12.6. The van der Waals surface area contributed by atoms with Gasteiger partial charge in [0.05, 0.1) is 0 Å². The van der Waals surface area contributed by atoms with Gasteiger partial charge in [-0.2, -0.15) is 0 Å². The van der Waals surface area contributed by atoms with Crippen LogP contribution in [-0.2, 0) is 9.59 Å². The van der Waals surface area contributed by atoms with Crippen molar-refractivity contribution in [3.63, 3.8) is 0 Å². The van der Waals surface area contributed by atoms with Crippen LogP contribution in [0.15, 0.2) is 42.5 Å². The normalized spacial score (nSPS) is 14.9. The molecule has 27 heavy (non-hydrogen) atoms. The van der Waals surface area contributed by atoms with E-state index in [0.717, 1.165) is 24.2 Å². The highest BCUT2D eigenvalue weighted by molar-refractivity contribution is 6.31. The molecule has 3 rings (SSSR count). The number of ether oxygens (including phenoxy) is 1. The van der Waals surface area contributed by atoms with Gasteiger partial charge in [0, 0.05) is 29.4 Å². The van der Waals surface area contributed by atoms with Crippen LogP contribution in [0.3, 0.4) is 0 Å². The summed E-state index contributed by atoms with van der Waals surface area (Å²) in [5, 5.41) is 3.54. The summed E-state index contributed by atoms with van der Waals surface area (Å²) in [5.74, 6) is 0.543. The van der Waals surface area contributed by atoms with Crippen LogP contribution >= 0.6 is 11.6 Å². The Hall–Kier alpha value is -2.53. The minimum atomic E-state index is -0.606. The van der Waals surface area contributed by atoms with E-state index in [9.17, 15) is 9.59 Å². The Bertz CT molecular complexity index is 836. The maximum Gasteiger partial charge on any atom is 0.265 e. The molecule has 2 amide bonds. The van der Waals surface area contributed by atoms with Gasteiger partial charge in [-0.05, 0) is 67.8 Å². The standard InChI is InChI=1S/C21H23ClN2O3/c1-3-19(27-17-10-11-18(22)14(2)13-17)21(26)23-15-6-8-16(9-7-15)24-12-4-5-20(24)25/h6-11,13,19H,3-5,12H2,1-2H3,(H,23,26)/t19-/m1/s1. The maximum absolute atomic E-state index is 12.6. The lowest BCUT2D eigenvalue weighted by Crippen LogP contribution is -2.32. The SMILES string of the molecule is CC[C@@H](Oc1ccc(Cl)c(C)c1)C(=O)Nc1ccc(N2CCCC2=O)cc1. The summed E-state index contributed by atoms with van der Waals surface area (Å²) in [7, 11) is 0. The quantitative estimate of drug-likeness (QED) is 0.791. The van der Waals surface area contributed by atoms with Crippen molar-refractivity contribution >= 4 is 34.8 Å². The Labute approximate surface area is 164 Å². The smallest absolute Gasteiger partial charge is 0.265 e. The average molecular weight is 387 g/mol. The first-order valence-electron chi connectivity index (χ1n) is 9.12. The molecule has 0 aliphatic carbocycles. The molecule has 1 aliphatic heterocycles. The summed E-state index contributed by atoms with van der Waals surface area (Å²) in [6.45, 7) is 4.54. The third-order valence-electron chi connectivity index (χ3n) is 4.59. The molecule has 0 unspecified atom stereocenters. The number of nitrogens with zero attached hydrogens (tertiary/aromatic N) is 1. The van der Waals surface area contributed by atoms with E-state index in [2.05, 4.69) is 5.32 Å². The third kappa shape index (κ3) is 4.61. The topological polar surface area (TPSA) is 58.6 Å². The molecular weight excluding hydrogens is 364 g/mol. The minimum Gasteiger partial charge on any atom is -0.481 e. The van der Waals surface area contributed by atoms with Crippen LogP contribution in [0, 0.1) is 6.92 Å². The zero-order valence-corrected chi connectivity index (χ0v) is 16.3. The molecule has 142 valence electrons. The van der Waals surface area contributed by atoms with E-state index in [-0.39, 0.29) is 11.8 Å². The molecule has 1 fully saturated rings. The number of carbonyl (C=O) groups excluding carboxylic acids is 2. The van der Waals surface area contributed by atoms with Crippen molar-refractivity contribution in [3.8, 4) is 5.75 Å². The Balaban J connectivity index is 1.63. The molecule has 6 heteroatoms. The number of anilines is 2. The van der Waals surface area contributed by atoms with Gasteiger partial charge in [0.2, 0.25) is 5.91 Å². The Morgan fingerprint density at radius 3 is 2.59 bits per heavy atom.